The molecule has 1 aromatic heterocycles. The summed E-state index contributed by atoms with van der Waals surface area (Å²) in [4.78, 5) is 0. The van der Waals surface area contributed by atoms with Crippen molar-refractivity contribution in [2.24, 2.45) is 0 Å². The largest absolute Gasteiger partial charge is 0.416 e. The lowest BCUT2D eigenvalue weighted by Crippen LogP contribution is -2.05. The van der Waals surface area contributed by atoms with Gasteiger partial charge in [0, 0.05) is 0 Å². The van der Waals surface area contributed by atoms with Crippen molar-refractivity contribution < 1.29 is 13.2 Å². The van der Waals surface area contributed by atoms with Crippen molar-refractivity contribution in [1.82, 2.24) is 10.2 Å². The molecule has 112 valence electrons. The van der Waals surface area contributed by atoms with Gasteiger partial charge in [-0.05, 0) is 28.1 Å². The summed E-state index contributed by atoms with van der Waals surface area (Å²) in [6, 6.07) is 3.31. The average Bonchev–Trinajstić information content (AvgIpc) is 2.77. The number of aromatic amines is 1. The zero-order valence-electron chi connectivity index (χ0n) is 10.3. The molecule has 0 unspecified atom stereocenters. The Labute approximate surface area is 141 Å². The van der Waals surface area contributed by atoms with Crippen LogP contribution in [0.4, 0.5) is 13.2 Å². The summed E-state index contributed by atoms with van der Waals surface area (Å²) in [6.07, 6.45) is -4.55. The highest BCUT2D eigenvalue weighted by atomic mass is 79.9. The lowest BCUT2D eigenvalue weighted by molar-refractivity contribution is -0.137. The maximum Gasteiger partial charge on any atom is 0.416 e. The third kappa shape index (κ3) is 3.38. The summed E-state index contributed by atoms with van der Waals surface area (Å²) in [5.41, 5.74) is -0.628. The summed E-state index contributed by atoms with van der Waals surface area (Å²) in [5.74, 6) is 5.16. The minimum Gasteiger partial charge on any atom is -0.269 e. The van der Waals surface area contributed by atoms with Crippen LogP contribution < -0.4 is 0 Å². The normalized spacial score (nSPS) is 10.8. The molecule has 1 aromatic carbocycles. The highest BCUT2D eigenvalue weighted by Gasteiger charge is 2.31. The summed E-state index contributed by atoms with van der Waals surface area (Å²) < 4.78 is 38.3. The number of hydrogen-bond acceptors (Lipinski definition) is 2. The van der Waals surface area contributed by atoms with Crippen molar-refractivity contribution >= 4 is 39.1 Å². The van der Waals surface area contributed by atoms with Gasteiger partial charge in [0.1, 0.15) is 10.7 Å². The van der Waals surface area contributed by atoms with E-state index < -0.39 is 11.7 Å². The van der Waals surface area contributed by atoms with Crippen molar-refractivity contribution in [2.75, 3.05) is 0 Å². The highest BCUT2D eigenvalue weighted by Crippen LogP contribution is 2.35. The van der Waals surface area contributed by atoms with Crippen LogP contribution in [0.25, 0.3) is 0 Å². The predicted molar refractivity (Wildman–Crippen MR) is 78.4 cm³/mol. The van der Waals surface area contributed by atoms with Crippen LogP contribution >= 0.6 is 39.1 Å². The first-order chi connectivity index (χ1) is 10.2. The fraction of sp³-hybridized carbons (Fsp3) is 0.0769. The third-order valence-corrected chi connectivity index (χ3v) is 3.68. The maximum atomic E-state index is 12.6. The minimum absolute atomic E-state index is 0.0355. The van der Waals surface area contributed by atoms with Gasteiger partial charge in [0.25, 0.3) is 0 Å². The van der Waals surface area contributed by atoms with Crippen molar-refractivity contribution in [3.63, 3.8) is 0 Å². The van der Waals surface area contributed by atoms with E-state index in [1.165, 1.54) is 0 Å². The molecule has 2 aromatic rings. The number of alkyl halides is 3. The highest BCUT2D eigenvalue weighted by molar-refractivity contribution is 9.10. The van der Waals surface area contributed by atoms with E-state index in [4.69, 9.17) is 28.5 Å². The topological polar surface area (TPSA) is 52.5 Å². The lowest BCUT2D eigenvalue weighted by Gasteiger charge is -2.09. The quantitative estimate of drug-likeness (QED) is 0.638. The van der Waals surface area contributed by atoms with Crippen molar-refractivity contribution in [3.8, 4) is 17.9 Å². The first-order valence-electron chi connectivity index (χ1n) is 5.46. The van der Waals surface area contributed by atoms with Gasteiger partial charge in [-0.15, -0.1) is 0 Å². The van der Waals surface area contributed by atoms with Crippen LogP contribution in [0.1, 0.15) is 22.4 Å². The number of rotatable bonds is 0. The Hall–Kier alpha value is -1.67. The van der Waals surface area contributed by atoms with Crippen molar-refractivity contribution in [2.45, 2.75) is 6.18 Å². The van der Waals surface area contributed by atoms with E-state index in [0.29, 0.717) is 4.60 Å². The molecule has 0 bridgehead atoms. The van der Waals surface area contributed by atoms with Crippen LogP contribution in [0.3, 0.4) is 0 Å². The van der Waals surface area contributed by atoms with Gasteiger partial charge < -0.3 is 0 Å². The molecule has 1 N–H and O–H groups in total. The van der Waals surface area contributed by atoms with Crippen LogP contribution in [0.2, 0.25) is 10.0 Å². The zero-order valence-corrected chi connectivity index (χ0v) is 13.4. The van der Waals surface area contributed by atoms with Gasteiger partial charge >= 0.3 is 6.18 Å². The molecule has 22 heavy (non-hydrogen) atoms. The molecule has 0 amide bonds. The number of aromatic nitrogens is 2. The summed E-state index contributed by atoms with van der Waals surface area (Å²) in [6.45, 7) is 0. The molecule has 0 aliphatic heterocycles. The Morgan fingerprint density at radius 1 is 1.14 bits per heavy atom. The number of benzene rings is 1. The van der Waals surface area contributed by atoms with E-state index in [0.717, 1.165) is 12.1 Å². The van der Waals surface area contributed by atoms with Crippen LogP contribution in [0.15, 0.2) is 16.7 Å². The summed E-state index contributed by atoms with van der Waals surface area (Å²) in [5, 5.41) is 14.6. The zero-order chi connectivity index (χ0) is 16.5. The molecule has 0 fully saturated rings. The Kier molecular flexibility index (Phi) is 4.72. The van der Waals surface area contributed by atoms with Crippen molar-refractivity contribution in [3.05, 3.63) is 49.2 Å². The predicted octanol–water partition coefficient (Wildman–Crippen LogP) is 4.77. The molecule has 0 saturated heterocycles. The lowest BCUT2D eigenvalue weighted by atomic mass is 10.1. The second kappa shape index (κ2) is 6.21. The molecule has 0 atom stereocenters. The van der Waals surface area contributed by atoms with E-state index in [2.05, 4.69) is 38.0 Å². The summed E-state index contributed by atoms with van der Waals surface area (Å²) >= 11 is 14.7. The standard InChI is InChI=1S/C13H3BrCl2F3N3/c14-12-8(11(5-20)21-22-12)2-1-7-9(15)3-6(4-10(7)16)13(17,18)19/h3-4H,(H,21,22). The fourth-order valence-corrected chi connectivity index (χ4v) is 2.45. The number of nitrogens with one attached hydrogen (secondary N) is 1. The molecular formula is C13H3BrCl2F3N3. The summed E-state index contributed by atoms with van der Waals surface area (Å²) in [7, 11) is 0. The maximum absolute atomic E-state index is 12.6. The average molecular weight is 409 g/mol. The van der Waals surface area contributed by atoms with Crippen LogP contribution in [0, 0.1) is 23.2 Å². The fourth-order valence-electron chi connectivity index (χ4n) is 1.50. The van der Waals surface area contributed by atoms with Gasteiger partial charge in [-0.2, -0.15) is 23.5 Å². The second-order valence-electron chi connectivity index (χ2n) is 3.94. The molecule has 0 aliphatic rings. The van der Waals surface area contributed by atoms with E-state index in [1.54, 1.807) is 0 Å². The van der Waals surface area contributed by atoms with E-state index in [1.807, 2.05) is 6.07 Å². The van der Waals surface area contributed by atoms with E-state index in [9.17, 15) is 13.2 Å². The first-order valence-corrected chi connectivity index (χ1v) is 7.01. The Bertz CT molecular complexity index is 818. The van der Waals surface area contributed by atoms with Gasteiger partial charge in [0.15, 0.2) is 5.69 Å². The Morgan fingerprint density at radius 2 is 1.68 bits per heavy atom. The SMILES string of the molecule is N#Cc1n[nH]c(Br)c1C#Cc1c(Cl)cc(C(F)(F)F)cc1Cl. The number of nitrogens with zero attached hydrogens (tertiary/aromatic N) is 2. The molecule has 0 spiro atoms. The van der Waals surface area contributed by atoms with Gasteiger partial charge in [-0.1, -0.05) is 35.0 Å². The van der Waals surface area contributed by atoms with E-state index in [-0.39, 0.29) is 26.9 Å². The van der Waals surface area contributed by atoms with Gasteiger partial charge in [0.05, 0.1) is 26.7 Å². The number of halogens is 6. The van der Waals surface area contributed by atoms with Crippen molar-refractivity contribution in [1.29, 1.82) is 5.26 Å². The molecular weight excluding hydrogens is 406 g/mol. The molecule has 9 heteroatoms. The van der Waals surface area contributed by atoms with Gasteiger partial charge in [-0.3, -0.25) is 5.10 Å². The third-order valence-electron chi connectivity index (χ3n) is 2.51. The molecule has 0 radical (unpaired) electrons. The second-order valence-corrected chi connectivity index (χ2v) is 5.54. The van der Waals surface area contributed by atoms with Gasteiger partial charge in [-0.25, -0.2) is 0 Å². The smallest absolute Gasteiger partial charge is 0.269 e. The number of H-pyrrole nitrogens is 1. The molecule has 1 heterocycles. The molecule has 0 aliphatic carbocycles. The van der Waals surface area contributed by atoms with Crippen LogP contribution in [0.5, 0.6) is 0 Å². The first kappa shape index (κ1) is 16.7. The monoisotopic (exact) mass is 407 g/mol. The Morgan fingerprint density at radius 3 is 2.18 bits per heavy atom. The van der Waals surface area contributed by atoms with E-state index >= 15 is 0 Å². The molecule has 0 saturated carbocycles. The Balaban J connectivity index is 2.51. The molecule has 2 rings (SSSR count). The molecule has 3 nitrogen and oxygen atoms in total. The van der Waals surface area contributed by atoms with Crippen LogP contribution in [-0.4, -0.2) is 10.2 Å². The van der Waals surface area contributed by atoms with Crippen LogP contribution in [-0.2, 0) is 6.18 Å². The number of hydrogen-bond donors (Lipinski definition) is 1. The number of nitriles is 1. The minimum atomic E-state index is -4.55. The van der Waals surface area contributed by atoms with Gasteiger partial charge in [0.2, 0.25) is 0 Å².